The summed E-state index contributed by atoms with van der Waals surface area (Å²) in [4.78, 5) is 19.3. The third-order valence-electron chi connectivity index (χ3n) is 6.50. The van der Waals surface area contributed by atoms with E-state index in [1.165, 1.54) is 0 Å². The van der Waals surface area contributed by atoms with Crippen molar-refractivity contribution in [2.24, 2.45) is 11.8 Å². The number of nitrogens with zero attached hydrogens (tertiary/aromatic N) is 3. The lowest BCUT2D eigenvalue weighted by Crippen LogP contribution is -2.55. The minimum atomic E-state index is -0.666. The van der Waals surface area contributed by atoms with Crippen LogP contribution >= 0.6 is 24.8 Å². The monoisotopic (exact) mass is 420 g/mol. The molecule has 27 heavy (non-hydrogen) atoms. The van der Waals surface area contributed by atoms with Crippen LogP contribution in [-0.2, 0) is 9.53 Å². The van der Waals surface area contributed by atoms with Gasteiger partial charge < -0.3 is 24.6 Å². The van der Waals surface area contributed by atoms with Crippen molar-refractivity contribution in [3.63, 3.8) is 0 Å². The fourth-order valence-electron chi connectivity index (χ4n) is 4.98. The number of aromatic nitrogens is 2. The van der Waals surface area contributed by atoms with E-state index < -0.39 is 5.60 Å². The number of halogens is 2. The fourth-order valence-corrected chi connectivity index (χ4v) is 4.98. The van der Waals surface area contributed by atoms with Gasteiger partial charge in [-0.2, -0.15) is 0 Å². The van der Waals surface area contributed by atoms with Gasteiger partial charge in [0.2, 0.25) is 0 Å². The summed E-state index contributed by atoms with van der Waals surface area (Å²) >= 11 is 0. The van der Waals surface area contributed by atoms with E-state index in [1.54, 1.807) is 19.6 Å². The number of rotatable bonds is 3. The van der Waals surface area contributed by atoms with Crippen molar-refractivity contribution < 1.29 is 14.6 Å². The lowest BCUT2D eigenvalue weighted by atomic mass is 9.77. The first-order valence-electron chi connectivity index (χ1n) is 9.34. The molecule has 0 unspecified atom stereocenters. The van der Waals surface area contributed by atoms with E-state index in [-0.39, 0.29) is 42.9 Å². The maximum absolute atomic E-state index is 13.2. The van der Waals surface area contributed by atoms with E-state index in [2.05, 4.69) is 10.3 Å². The predicted octanol–water partition coefficient (Wildman–Crippen LogP) is 1.27. The van der Waals surface area contributed by atoms with Crippen LogP contribution in [0.2, 0.25) is 0 Å². The van der Waals surface area contributed by atoms with Gasteiger partial charge >= 0.3 is 0 Å². The first-order valence-corrected chi connectivity index (χ1v) is 9.34. The van der Waals surface area contributed by atoms with Crippen molar-refractivity contribution >= 4 is 30.7 Å². The highest BCUT2D eigenvalue weighted by atomic mass is 35.5. The number of ether oxygens (including phenoxy) is 1. The number of likely N-dealkylation sites (tertiary alicyclic amines) is 1. The van der Waals surface area contributed by atoms with E-state index in [4.69, 9.17) is 4.74 Å². The number of amides is 1. The zero-order chi connectivity index (χ0) is 17.4. The summed E-state index contributed by atoms with van der Waals surface area (Å²) in [5.74, 6) is 0.962. The van der Waals surface area contributed by atoms with Crippen LogP contribution in [0.4, 0.5) is 0 Å². The highest BCUT2D eigenvalue weighted by Gasteiger charge is 2.48. The Kier molecular flexibility index (Phi) is 7.55. The number of fused-ring (bicyclic) bond motifs is 1. The topological polar surface area (TPSA) is 79.6 Å². The summed E-state index contributed by atoms with van der Waals surface area (Å²) in [6.07, 6.45) is 8.18. The molecule has 2 N–H and O–H groups in total. The zero-order valence-corrected chi connectivity index (χ0v) is 17.3. The molecule has 1 aliphatic carbocycles. The lowest BCUT2D eigenvalue weighted by Gasteiger charge is -2.37. The molecule has 7 nitrogen and oxygen atoms in total. The second-order valence-electron chi connectivity index (χ2n) is 7.79. The average molecular weight is 421 g/mol. The Morgan fingerprint density at radius 3 is 2.48 bits per heavy atom. The molecule has 1 saturated carbocycles. The standard InChI is InChI=1S/C18H28N4O3.2ClH/c1-25-18(2-4-19-5-3-18)17(24)22-10-13-8-15(21-7-6-20-12-21)16(23)9-14(13)11-22;;/h6-7,12-16,19,23H,2-5,8-11H2,1H3;2*1H/t13-,14+,15-,16-;;/m1../s1. The number of carbonyl (C=O) groups is 1. The molecule has 1 amide bonds. The number of aliphatic hydroxyl groups is 1. The Balaban J connectivity index is 0.00000131. The van der Waals surface area contributed by atoms with Crippen molar-refractivity contribution in [1.82, 2.24) is 19.8 Å². The molecule has 1 aromatic rings. The van der Waals surface area contributed by atoms with Gasteiger partial charge in [0.15, 0.2) is 0 Å². The summed E-state index contributed by atoms with van der Waals surface area (Å²) < 4.78 is 7.72. The number of carbonyl (C=O) groups excluding carboxylic acids is 1. The fraction of sp³-hybridized carbons (Fsp3) is 0.778. The minimum absolute atomic E-state index is 0. The quantitative estimate of drug-likeness (QED) is 0.769. The number of piperidine rings is 1. The van der Waals surface area contributed by atoms with Crippen molar-refractivity contribution in [3.05, 3.63) is 18.7 Å². The Morgan fingerprint density at radius 1 is 1.22 bits per heavy atom. The van der Waals surface area contributed by atoms with Gasteiger partial charge in [0.25, 0.3) is 5.91 Å². The molecular formula is C18H30Cl2N4O3. The van der Waals surface area contributed by atoms with Crippen LogP contribution in [0.5, 0.6) is 0 Å². The Hall–Kier alpha value is -0.860. The number of aliphatic hydroxyl groups excluding tert-OH is 1. The van der Waals surface area contributed by atoms with Gasteiger partial charge in [0.05, 0.1) is 18.5 Å². The third-order valence-corrected chi connectivity index (χ3v) is 6.50. The minimum Gasteiger partial charge on any atom is -0.391 e. The molecule has 0 radical (unpaired) electrons. The summed E-state index contributed by atoms with van der Waals surface area (Å²) in [7, 11) is 1.66. The molecule has 0 spiro atoms. The van der Waals surface area contributed by atoms with Crippen LogP contribution in [0.1, 0.15) is 31.7 Å². The molecule has 9 heteroatoms. The van der Waals surface area contributed by atoms with Gasteiger partial charge in [-0.25, -0.2) is 4.98 Å². The van der Waals surface area contributed by atoms with Gasteiger partial charge in [-0.1, -0.05) is 0 Å². The predicted molar refractivity (Wildman–Crippen MR) is 106 cm³/mol. The molecule has 3 aliphatic rings. The van der Waals surface area contributed by atoms with Gasteiger partial charge in [0.1, 0.15) is 5.60 Å². The van der Waals surface area contributed by atoms with Crippen molar-refractivity contribution in [2.75, 3.05) is 33.3 Å². The van der Waals surface area contributed by atoms with Crippen molar-refractivity contribution in [2.45, 2.75) is 43.4 Å². The van der Waals surface area contributed by atoms with Crippen LogP contribution in [0.3, 0.4) is 0 Å². The van der Waals surface area contributed by atoms with Crippen LogP contribution in [0, 0.1) is 11.8 Å². The summed E-state index contributed by atoms with van der Waals surface area (Å²) in [5, 5.41) is 13.9. The van der Waals surface area contributed by atoms with Crippen LogP contribution in [-0.4, -0.2) is 70.5 Å². The molecule has 1 aromatic heterocycles. The van der Waals surface area contributed by atoms with Gasteiger partial charge in [-0.05, 0) is 50.6 Å². The van der Waals surface area contributed by atoms with E-state index in [0.29, 0.717) is 11.8 Å². The molecule has 2 saturated heterocycles. The third kappa shape index (κ3) is 4.12. The largest absolute Gasteiger partial charge is 0.391 e. The van der Waals surface area contributed by atoms with Crippen LogP contribution < -0.4 is 5.32 Å². The first-order chi connectivity index (χ1) is 12.1. The first kappa shape index (κ1) is 22.4. The van der Waals surface area contributed by atoms with Gasteiger partial charge in [-0.3, -0.25) is 4.79 Å². The summed E-state index contributed by atoms with van der Waals surface area (Å²) in [5.41, 5.74) is -0.666. The van der Waals surface area contributed by atoms with Gasteiger partial charge in [0, 0.05) is 32.6 Å². The molecule has 4 rings (SSSR count). The zero-order valence-electron chi connectivity index (χ0n) is 15.6. The molecule has 3 heterocycles. The molecule has 4 atom stereocenters. The maximum Gasteiger partial charge on any atom is 0.254 e. The van der Waals surface area contributed by atoms with Crippen LogP contribution in [0.25, 0.3) is 0 Å². The van der Waals surface area contributed by atoms with Crippen LogP contribution in [0.15, 0.2) is 18.7 Å². The number of methoxy groups -OCH3 is 1. The highest BCUT2D eigenvalue weighted by molar-refractivity contribution is 5.86. The molecule has 154 valence electrons. The smallest absolute Gasteiger partial charge is 0.254 e. The normalized spacial score (nSPS) is 32.1. The molecular weight excluding hydrogens is 391 g/mol. The van der Waals surface area contributed by atoms with Gasteiger partial charge in [-0.15, -0.1) is 24.8 Å². The van der Waals surface area contributed by atoms with E-state index in [9.17, 15) is 9.90 Å². The average Bonchev–Trinajstić information content (AvgIpc) is 3.30. The van der Waals surface area contributed by atoms with Crippen molar-refractivity contribution in [3.8, 4) is 0 Å². The van der Waals surface area contributed by atoms with E-state index >= 15 is 0 Å². The number of nitrogens with one attached hydrogen (secondary N) is 1. The lowest BCUT2D eigenvalue weighted by molar-refractivity contribution is -0.157. The Labute approximate surface area is 172 Å². The SMILES string of the molecule is COC1(C(=O)N2C[C@H]3C[C@@H](n4ccnc4)[C@H](O)C[C@H]3C2)CCNCC1.Cl.Cl. The number of hydrogen-bond acceptors (Lipinski definition) is 5. The molecule has 3 fully saturated rings. The maximum atomic E-state index is 13.2. The van der Waals surface area contributed by atoms with E-state index in [1.807, 2.05) is 15.7 Å². The highest BCUT2D eigenvalue weighted by Crippen LogP contribution is 2.42. The Morgan fingerprint density at radius 2 is 1.89 bits per heavy atom. The summed E-state index contributed by atoms with van der Waals surface area (Å²) in [6, 6.07) is 0.0640. The summed E-state index contributed by atoms with van der Waals surface area (Å²) in [6.45, 7) is 3.17. The molecule has 2 aliphatic heterocycles. The van der Waals surface area contributed by atoms with E-state index in [0.717, 1.165) is 51.9 Å². The molecule has 0 bridgehead atoms. The Bertz CT molecular complexity index is 610. The second kappa shape index (κ2) is 9.09. The number of imidazole rings is 1. The van der Waals surface area contributed by atoms with Crippen molar-refractivity contribution in [1.29, 1.82) is 0 Å². The second-order valence-corrected chi connectivity index (χ2v) is 7.79. The number of hydrogen-bond donors (Lipinski definition) is 2. The molecule has 0 aromatic carbocycles.